The van der Waals surface area contributed by atoms with Gasteiger partial charge in [-0.15, -0.1) is 0 Å². The van der Waals surface area contributed by atoms with Crippen molar-refractivity contribution in [3.05, 3.63) is 86.3 Å². The van der Waals surface area contributed by atoms with E-state index in [0.29, 0.717) is 17.7 Å². The number of aromatic carboxylic acids is 1. The lowest BCUT2D eigenvalue weighted by molar-refractivity contribution is 0.0695. The van der Waals surface area contributed by atoms with E-state index in [9.17, 15) is 19.1 Å². The van der Waals surface area contributed by atoms with Gasteiger partial charge in [-0.2, -0.15) is 5.26 Å². The first-order valence-electron chi connectivity index (χ1n) is 8.94. The largest absolute Gasteiger partial charge is 0.477 e. The molecule has 0 unspecified atom stereocenters. The molecule has 152 valence electrons. The summed E-state index contributed by atoms with van der Waals surface area (Å²) in [5.74, 6) is -1.61. The summed E-state index contributed by atoms with van der Waals surface area (Å²) in [6, 6.07) is 13.2. The van der Waals surface area contributed by atoms with Crippen molar-refractivity contribution in [3.8, 4) is 23.2 Å². The van der Waals surface area contributed by atoms with Gasteiger partial charge in [-0.1, -0.05) is 29.8 Å². The highest BCUT2D eigenvalue weighted by atomic mass is 35.5. The van der Waals surface area contributed by atoms with Crippen LogP contribution in [0.3, 0.4) is 0 Å². The summed E-state index contributed by atoms with van der Waals surface area (Å²) in [7, 11) is 0. The molecule has 1 aromatic heterocycles. The lowest BCUT2D eigenvalue weighted by atomic mass is 10.0. The van der Waals surface area contributed by atoms with Gasteiger partial charge < -0.3 is 14.4 Å². The molecule has 0 amide bonds. The first-order valence-corrected chi connectivity index (χ1v) is 9.32. The Balaban J connectivity index is 2.15. The quantitative estimate of drug-likeness (QED) is 0.627. The van der Waals surface area contributed by atoms with E-state index in [-0.39, 0.29) is 34.6 Å². The summed E-state index contributed by atoms with van der Waals surface area (Å²) in [4.78, 5) is 24.4. The number of aromatic nitrogens is 1. The van der Waals surface area contributed by atoms with Crippen molar-refractivity contribution < 1.29 is 19.0 Å². The molecule has 0 radical (unpaired) electrons. The number of rotatable bonds is 6. The molecule has 0 fully saturated rings. The summed E-state index contributed by atoms with van der Waals surface area (Å²) < 4.78 is 20.4. The van der Waals surface area contributed by atoms with Crippen molar-refractivity contribution in [1.29, 1.82) is 5.26 Å². The molecule has 1 N–H and O–H groups in total. The van der Waals surface area contributed by atoms with Gasteiger partial charge in [-0.25, -0.2) is 9.18 Å². The van der Waals surface area contributed by atoms with Crippen molar-refractivity contribution in [2.45, 2.75) is 20.1 Å². The summed E-state index contributed by atoms with van der Waals surface area (Å²) in [6.45, 7) is 2.13. The van der Waals surface area contributed by atoms with Crippen LogP contribution in [0.5, 0.6) is 5.88 Å². The highest BCUT2D eigenvalue weighted by molar-refractivity contribution is 6.32. The first-order chi connectivity index (χ1) is 14.3. The van der Waals surface area contributed by atoms with Crippen molar-refractivity contribution >= 4 is 17.6 Å². The second-order valence-corrected chi connectivity index (χ2v) is 6.75. The molecule has 0 aliphatic carbocycles. The second-order valence-electron chi connectivity index (χ2n) is 6.34. The average molecular weight is 427 g/mol. The van der Waals surface area contributed by atoms with Crippen LogP contribution in [-0.2, 0) is 13.2 Å². The molecular weight excluding hydrogens is 411 g/mol. The third kappa shape index (κ3) is 4.19. The first kappa shape index (κ1) is 21.1. The van der Waals surface area contributed by atoms with E-state index in [2.05, 4.69) is 0 Å². The number of carboxylic acids is 1. The van der Waals surface area contributed by atoms with Gasteiger partial charge in [0.05, 0.1) is 16.3 Å². The third-order valence-electron chi connectivity index (χ3n) is 4.47. The number of hydrogen-bond acceptors (Lipinski definition) is 4. The van der Waals surface area contributed by atoms with Gasteiger partial charge in [0.1, 0.15) is 24.1 Å². The van der Waals surface area contributed by atoms with Crippen LogP contribution in [0.15, 0.2) is 53.3 Å². The Morgan fingerprint density at radius 3 is 2.50 bits per heavy atom. The maximum Gasteiger partial charge on any atom is 0.341 e. The number of hydrogen-bond donors (Lipinski definition) is 1. The molecule has 0 saturated carbocycles. The van der Waals surface area contributed by atoms with Crippen LogP contribution in [0, 0.1) is 17.1 Å². The van der Waals surface area contributed by atoms with Crippen molar-refractivity contribution in [3.63, 3.8) is 0 Å². The Morgan fingerprint density at radius 1 is 1.23 bits per heavy atom. The molecule has 0 aliphatic rings. The van der Waals surface area contributed by atoms with E-state index in [0.717, 1.165) is 6.07 Å². The fourth-order valence-electron chi connectivity index (χ4n) is 3.06. The summed E-state index contributed by atoms with van der Waals surface area (Å²) in [5.41, 5.74) is 0.243. The summed E-state index contributed by atoms with van der Waals surface area (Å²) in [6.07, 6.45) is 0. The monoisotopic (exact) mass is 426 g/mol. The number of carbonyl (C=O) groups is 1. The highest BCUT2D eigenvalue weighted by Gasteiger charge is 2.23. The molecule has 0 bridgehead atoms. The number of benzene rings is 2. The van der Waals surface area contributed by atoms with Crippen LogP contribution in [0.2, 0.25) is 5.02 Å². The number of carboxylic acid groups (broad SMARTS) is 1. The Kier molecular flexibility index (Phi) is 6.19. The molecule has 1 heterocycles. The van der Waals surface area contributed by atoms with Crippen LogP contribution in [-0.4, -0.2) is 15.6 Å². The van der Waals surface area contributed by atoms with E-state index in [1.165, 1.54) is 30.3 Å². The van der Waals surface area contributed by atoms with E-state index < -0.39 is 17.0 Å². The van der Waals surface area contributed by atoms with Gasteiger partial charge in [-0.05, 0) is 36.8 Å². The zero-order valence-corrected chi connectivity index (χ0v) is 16.6. The molecule has 0 aliphatic heterocycles. The molecule has 3 rings (SSSR count). The molecule has 2 aromatic carbocycles. The minimum absolute atomic E-state index is 0.0553. The molecule has 8 heteroatoms. The van der Waals surface area contributed by atoms with Gasteiger partial charge >= 0.3 is 5.97 Å². The van der Waals surface area contributed by atoms with Crippen LogP contribution in [0.4, 0.5) is 4.39 Å². The topological polar surface area (TPSA) is 92.3 Å². The minimum atomic E-state index is -1.39. The van der Waals surface area contributed by atoms with E-state index in [1.807, 2.05) is 6.07 Å². The van der Waals surface area contributed by atoms with Gasteiger partial charge in [-0.3, -0.25) is 4.79 Å². The minimum Gasteiger partial charge on any atom is -0.477 e. The predicted molar refractivity (Wildman–Crippen MR) is 109 cm³/mol. The Bertz CT molecular complexity index is 1210. The van der Waals surface area contributed by atoms with Crippen molar-refractivity contribution in [2.24, 2.45) is 0 Å². The molecule has 0 spiro atoms. The number of pyridine rings is 1. The number of nitrogens with zero attached hydrogens (tertiary/aromatic N) is 2. The van der Waals surface area contributed by atoms with Crippen LogP contribution in [0.25, 0.3) is 11.3 Å². The van der Waals surface area contributed by atoms with Crippen LogP contribution >= 0.6 is 11.6 Å². The molecular formula is C22H16ClFN2O4. The maximum atomic E-state index is 13.1. The lowest BCUT2D eigenvalue weighted by Gasteiger charge is -2.20. The van der Waals surface area contributed by atoms with Crippen LogP contribution in [0.1, 0.15) is 28.4 Å². The standard InChI is InChI=1S/C22H16ClFN2O4/c1-2-26-19(30-12-13-3-7-16(24)8-4-13)10-18(27)20(22(28)29)21(26)14-5-6-15(11-25)17(23)9-14/h3-10H,2,12H2,1H3,(H,28,29). The summed E-state index contributed by atoms with van der Waals surface area (Å²) in [5, 5.41) is 18.9. The smallest absolute Gasteiger partial charge is 0.341 e. The highest BCUT2D eigenvalue weighted by Crippen LogP contribution is 2.30. The van der Waals surface area contributed by atoms with E-state index >= 15 is 0 Å². The van der Waals surface area contributed by atoms with Gasteiger partial charge in [0.25, 0.3) is 0 Å². The van der Waals surface area contributed by atoms with Gasteiger partial charge in [0.2, 0.25) is 5.43 Å². The number of halogens is 2. The van der Waals surface area contributed by atoms with Crippen molar-refractivity contribution in [2.75, 3.05) is 0 Å². The number of ether oxygens (including phenoxy) is 1. The molecule has 3 aromatic rings. The van der Waals surface area contributed by atoms with E-state index in [1.54, 1.807) is 23.6 Å². The van der Waals surface area contributed by atoms with Gasteiger partial charge in [0.15, 0.2) is 5.88 Å². The maximum absolute atomic E-state index is 13.1. The zero-order chi connectivity index (χ0) is 21.8. The zero-order valence-electron chi connectivity index (χ0n) is 15.9. The molecule has 0 atom stereocenters. The van der Waals surface area contributed by atoms with Gasteiger partial charge in [0, 0.05) is 18.2 Å². The predicted octanol–water partition coefficient (Wildman–Crippen LogP) is 4.48. The molecule has 30 heavy (non-hydrogen) atoms. The number of nitriles is 1. The Morgan fingerprint density at radius 2 is 1.93 bits per heavy atom. The second kappa shape index (κ2) is 8.80. The lowest BCUT2D eigenvalue weighted by Crippen LogP contribution is -2.22. The fraction of sp³-hybridized carbons (Fsp3) is 0.136. The summed E-state index contributed by atoms with van der Waals surface area (Å²) >= 11 is 6.12. The normalized spacial score (nSPS) is 10.5. The fourth-order valence-corrected chi connectivity index (χ4v) is 3.28. The molecule has 0 saturated heterocycles. The SMILES string of the molecule is CCn1c(OCc2ccc(F)cc2)cc(=O)c(C(=O)O)c1-c1ccc(C#N)c(Cl)c1. The Labute approximate surface area is 176 Å². The average Bonchev–Trinajstić information content (AvgIpc) is 2.72. The Hall–Kier alpha value is -3.63. The van der Waals surface area contributed by atoms with Crippen LogP contribution < -0.4 is 10.2 Å². The third-order valence-corrected chi connectivity index (χ3v) is 4.78. The van der Waals surface area contributed by atoms with E-state index in [4.69, 9.17) is 21.6 Å². The van der Waals surface area contributed by atoms with Crippen molar-refractivity contribution in [1.82, 2.24) is 4.57 Å². The molecule has 6 nitrogen and oxygen atoms in total.